The lowest BCUT2D eigenvalue weighted by Crippen LogP contribution is -2.30. The predicted molar refractivity (Wildman–Crippen MR) is 84.3 cm³/mol. The summed E-state index contributed by atoms with van der Waals surface area (Å²) < 4.78 is 1.85. The van der Waals surface area contributed by atoms with E-state index in [1.165, 1.54) is 23.2 Å². The van der Waals surface area contributed by atoms with Crippen molar-refractivity contribution < 1.29 is 0 Å². The van der Waals surface area contributed by atoms with Crippen LogP contribution in [-0.2, 0) is 20.0 Å². The predicted octanol–water partition coefficient (Wildman–Crippen LogP) is 2.05. The van der Waals surface area contributed by atoms with Gasteiger partial charge < -0.3 is 10.2 Å². The Morgan fingerprint density at radius 3 is 2.95 bits per heavy atom. The first-order valence-electron chi connectivity index (χ1n) is 7.57. The Bertz CT molecular complexity index is 619. The smallest absolute Gasteiger partial charge is 0.146 e. The van der Waals surface area contributed by atoms with Crippen LogP contribution in [0.1, 0.15) is 36.3 Å². The molecule has 5 nitrogen and oxygen atoms in total. The lowest BCUT2D eigenvalue weighted by molar-refractivity contribution is 0.628. The molecular formula is C16H23N5. The van der Waals surface area contributed by atoms with Gasteiger partial charge in [-0.05, 0) is 44.0 Å². The summed E-state index contributed by atoms with van der Waals surface area (Å²) in [6.45, 7) is 4.10. The molecule has 1 aliphatic rings. The van der Waals surface area contributed by atoms with E-state index in [0.29, 0.717) is 6.04 Å². The third-order valence-electron chi connectivity index (χ3n) is 4.39. The van der Waals surface area contributed by atoms with E-state index < -0.39 is 0 Å². The molecule has 1 atom stereocenters. The number of hydrogen-bond donors (Lipinski definition) is 1. The molecule has 21 heavy (non-hydrogen) atoms. The molecule has 5 heteroatoms. The van der Waals surface area contributed by atoms with Crippen LogP contribution in [-0.4, -0.2) is 28.4 Å². The lowest BCUT2D eigenvalue weighted by atomic mass is 9.97. The average molecular weight is 285 g/mol. The highest BCUT2D eigenvalue weighted by molar-refractivity contribution is 5.57. The van der Waals surface area contributed by atoms with Crippen LogP contribution >= 0.6 is 0 Å². The summed E-state index contributed by atoms with van der Waals surface area (Å²) in [5.41, 5.74) is 4.15. The molecule has 0 saturated carbocycles. The van der Waals surface area contributed by atoms with Gasteiger partial charge >= 0.3 is 0 Å². The maximum absolute atomic E-state index is 4.34. The van der Waals surface area contributed by atoms with E-state index in [4.69, 9.17) is 0 Å². The molecule has 1 aromatic carbocycles. The van der Waals surface area contributed by atoms with Crippen LogP contribution < -0.4 is 10.2 Å². The van der Waals surface area contributed by atoms with Gasteiger partial charge in [-0.2, -0.15) is 5.10 Å². The number of aryl methyl sites for hydroxylation is 2. The highest BCUT2D eigenvalue weighted by atomic mass is 15.3. The van der Waals surface area contributed by atoms with Crippen LogP contribution in [0, 0.1) is 0 Å². The molecule has 0 aliphatic carbocycles. The Hall–Kier alpha value is -1.88. The molecule has 0 saturated heterocycles. The Balaban J connectivity index is 1.86. The van der Waals surface area contributed by atoms with Gasteiger partial charge in [-0.15, -0.1) is 0 Å². The quantitative estimate of drug-likeness (QED) is 0.934. The van der Waals surface area contributed by atoms with E-state index in [0.717, 1.165) is 25.3 Å². The molecule has 2 heterocycles. The summed E-state index contributed by atoms with van der Waals surface area (Å²) in [5.74, 6) is 1.01. The molecular weight excluding hydrogens is 262 g/mol. The van der Waals surface area contributed by atoms with Crippen molar-refractivity contribution in [2.75, 3.05) is 18.5 Å². The molecule has 0 bridgehead atoms. The minimum Gasteiger partial charge on any atom is -0.364 e. The Kier molecular flexibility index (Phi) is 3.92. The number of nitrogens with one attached hydrogen (secondary N) is 1. The van der Waals surface area contributed by atoms with E-state index >= 15 is 0 Å². The van der Waals surface area contributed by atoms with Crippen molar-refractivity contribution in [3.05, 3.63) is 41.5 Å². The fraction of sp³-hybridized carbons (Fsp3) is 0.500. The number of nitrogens with zero attached hydrogens (tertiary/aromatic N) is 4. The van der Waals surface area contributed by atoms with Crippen molar-refractivity contribution in [3.8, 4) is 0 Å². The van der Waals surface area contributed by atoms with E-state index in [9.17, 15) is 0 Å². The summed E-state index contributed by atoms with van der Waals surface area (Å²) >= 11 is 0. The van der Waals surface area contributed by atoms with E-state index in [2.05, 4.69) is 45.4 Å². The molecule has 0 amide bonds. The van der Waals surface area contributed by atoms with Crippen LogP contribution in [0.3, 0.4) is 0 Å². The minimum absolute atomic E-state index is 0.393. The number of fused-ring (bicyclic) bond motifs is 1. The summed E-state index contributed by atoms with van der Waals surface area (Å²) in [7, 11) is 3.95. The lowest BCUT2D eigenvalue weighted by Gasteiger charge is -2.31. The maximum atomic E-state index is 4.34. The van der Waals surface area contributed by atoms with E-state index in [-0.39, 0.29) is 0 Å². The fourth-order valence-electron chi connectivity index (χ4n) is 2.93. The van der Waals surface area contributed by atoms with Crippen molar-refractivity contribution in [1.29, 1.82) is 0 Å². The van der Waals surface area contributed by atoms with Gasteiger partial charge in [-0.3, -0.25) is 4.68 Å². The Morgan fingerprint density at radius 1 is 1.38 bits per heavy atom. The van der Waals surface area contributed by atoms with Crippen molar-refractivity contribution in [2.45, 2.75) is 32.4 Å². The molecule has 1 aliphatic heterocycles. The van der Waals surface area contributed by atoms with E-state index in [1.807, 2.05) is 18.8 Å². The number of aromatic nitrogens is 3. The third-order valence-corrected chi connectivity index (χ3v) is 4.39. The van der Waals surface area contributed by atoms with Crippen LogP contribution in [0.15, 0.2) is 24.5 Å². The molecule has 0 radical (unpaired) electrons. The first-order valence-corrected chi connectivity index (χ1v) is 7.57. The van der Waals surface area contributed by atoms with Crippen molar-refractivity contribution in [3.63, 3.8) is 0 Å². The largest absolute Gasteiger partial charge is 0.364 e. The topological polar surface area (TPSA) is 46.0 Å². The van der Waals surface area contributed by atoms with Crippen molar-refractivity contribution in [2.24, 2.45) is 7.05 Å². The van der Waals surface area contributed by atoms with Crippen LogP contribution in [0.4, 0.5) is 5.69 Å². The zero-order chi connectivity index (χ0) is 14.8. The van der Waals surface area contributed by atoms with Gasteiger partial charge in [0.15, 0.2) is 0 Å². The van der Waals surface area contributed by atoms with Gasteiger partial charge in [0.25, 0.3) is 0 Å². The second-order valence-electron chi connectivity index (χ2n) is 5.72. The normalized spacial score (nSPS) is 15.9. The summed E-state index contributed by atoms with van der Waals surface area (Å²) in [6.07, 6.45) is 3.98. The van der Waals surface area contributed by atoms with Gasteiger partial charge in [0.2, 0.25) is 0 Å². The number of hydrogen-bond acceptors (Lipinski definition) is 4. The van der Waals surface area contributed by atoms with E-state index in [1.54, 1.807) is 6.33 Å². The van der Waals surface area contributed by atoms with Crippen LogP contribution in [0.25, 0.3) is 0 Å². The van der Waals surface area contributed by atoms with Crippen LogP contribution in [0.5, 0.6) is 0 Å². The highest BCUT2D eigenvalue weighted by Crippen LogP contribution is 2.30. The molecule has 0 spiro atoms. The molecule has 2 aromatic rings. The van der Waals surface area contributed by atoms with Crippen molar-refractivity contribution in [1.82, 2.24) is 20.1 Å². The molecule has 3 rings (SSSR count). The minimum atomic E-state index is 0.393. The Morgan fingerprint density at radius 2 is 2.24 bits per heavy atom. The molecule has 112 valence electrons. The zero-order valence-corrected chi connectivity index (χ0v) is 13.0. The summed E-state index contributed by atoms with van der Waals surface area (Å²) in [4.78, 5) is 6.76. The Labute approximate surface area is 126 Å². The maximum Gasteiger partial charge on any atom is 0.146 e. The SMILES string of the molecule is CNC(C)c1ccc2c(c1)CCCN2Cc1ncnn1C. The third kappa shape index (κ3) is 2.78. The van der Waals surface area contributed by atoms with Gasteiger partial charge in [0, 0.05) is 25.3 Å². The summed E-state index contributed by atoms with van der Waals surface area (Å²) in [5, 5.41) is 7.46. The van der Waals surface area contributed by atoms with Gasteiger partial charge in [0.1, 0.15) is 12.2 Å². The van der Waals surface area contributed by atoms with Gasteiger partial charge in [0.05, 0.1) is 6.54 Å². The monoisotopic (exact) mass is 285 g/mol. The van der Waals surface area contributed by atoms with Gasteiger partial charge in [-0.1, -0.05) is 12.1 Å². The van der Waals surface area contributed by atoms with Gasteiger partial charge in [-0.25, -0.2) is 4.98 Å². The highest BCUT2D eigenvalue weighted by Gasteiger charge is 2.19. The standard InChI is InChI=1S/C16H23N5/c1-12(17-2)13-6-7-15-14(9-13)5-4-8-21(15)10-16-18-11-19-20(16)3/h6-7,9,11-12,17H,4-5,8,10H2,1-3H3. The zero-order valence-electron chi connectivity index (χ0n) is 13.0. The fourth-order valence-corrected chi connectivity index (χ4v) is 2.93. The van der Waals surface area contributed by atoms with Crippen molar-refractivity contribution >= 4 is 5.69 Å². The average Bonchev–Trinajstić information content (AvgIpc) is 2.91. The first-order chi connectivity index (χ1) is 10.2. The number of benzene rings is 1. The number of rotatable bonds is 4. The molecule has 1 unspecified atom stereocenters. The molecule has 1 aromatic heterocycles. The molecule has 0 fully saturated rings. The second-order valence-corrected chi connectivity index (χ2v) is 5.72. The number of anilines is 1. The molecule has 1 N–H and O–H groups in total. The summed E-state index contributed by atoms with van der Waals surface area (Å²) in [6, 6.07) is 7.23. The second kappa shape index (κ2) is 5.85. The first kappa shape index (κ1) is 14.1. The van der Waals surface area contributed by atoms with Crippen LogP contribution in [0.2, 0.25) is 0 Å².